The highest BCUT2D eigenvalue weighted by atomic mass is 32.1. The normalized spacial score (nSPS) is 22.1. The lowest BCUT2D eigenvalue weighted by Gasteiger charge is -2.03. The largest absolute Gasteiger partial charge is 0.340 e. The molecule has 60 valence electrons. The van der Waals surface area contributed by atoms with Crippen LogP contribution in [0.4, 0.5) is 0 Å². The number of aryl methyl sites for hydroxylation is 1. The molecule has 1 aliphatic rings. The molecule has 1 heterocycles. The summed E-state index contributed by atoms with van der Waals surface area (Å²) >= 11 is 6.84. The van der Waals surface area contributed by atoms with Crippen molar-refractivity contribution < 1.29 is 0 Å². The van der Waals surface area contributed by atoms with Crippen LogP contribution in [0.5, 0.6) is 0 Å². The monoisotopic (exact) mass is 185 g/mol. The van der Waals surface area contributed by atoms with E-state index < -0.39 is 0 Å². The van der Waals surface area contributed by atoms with Gasteiger partial charge in [-0.1, -0.05) is 6.92 Å². The standard InChI is InChI=1S/C8H11NS2/c1-2-5-3-4-6-7(5)9-8(10)11-6/h5H,2-4H2,1H3,(H,9,10). The second-order valence-electron chi connectivity index (χ2n) is 3.00. The molecule has 1 aliphatic carbocycles. The van der Waals surface area contributed by atoms with Crippen molar-refractivity contribution in [3.8, 4) is 0 Å². The van der Waals surface area contributed by atoms with Gasteiger partial charge in [0.05, 0.1) is 0 Å². The Morgan fingerprint density at radius 2 is 2.55 bits per heavy atom. The Balaban J connectivity index is 2.45. The highest BCUT2D eigenvalue weighted by molar-refractivity contribution is 7.73. The molecule has 2 rings (SSSR count). The second-order valence-corrected chi connectivity index (χ2v) is 4.77. The van der Waals surface area contributed by atoms with Crippen molar-refractivity contribution in [2.24, 2.45) is 0 Å². The predicted octanol–water partition coefficient (Wildman–Crippen LogP) is 3.25. The van der Waals surface area contributed by atoms with Gasteiger partial charge < -0.3 is 4.98 Å². The van der Waals surface area contributed by atoms with E-state index in [2.05, 4.69) is 11.9 Å². The van der Waals surface area contributed by atoms with E-state index in [1.807, 2.05) is 0 Å². The van der Waals surface area contributed by atoms with E-state index >= 15 is 0 Å². The van der Waals surface area contributed by atoms with Gasteiger partial charge in [-0.3, -0.25) is 0 Å². The summed E-state index contributed by atoms with van der Waals surface area (Å²) in [6, 6.07) is 0. The Bertz CT molecular complexity index is 310. The van der Waals surface area contributed by atoms with Crippen molar-refractivity contribution in [2.45, 2.75) is 32.1 Å². The average molecular weight is 185 g/mol. The summed E-state index contributed by atoms with van der Waals surface area (Å²) in [7, 11) is 0. The van der Waals surface area contributed by atoms with E-state index in [1.54, 1.807) is 11.3 Å². The van der Waals surface area contributed by atoms with Crippen LogP contribution in [-0.4, -0.2) is 4.98 Å². The number of aromatic nitrogens is 1. The topological polar surface area (TPSA) is 15.8 Å². The first-order chi connectivity index (χ1) is 5.31. The molecule has 0 bridgehead atoms. The SMILES string of the molecule is CCC1CCc2sc(=S)[nH]c21. The van der Waals surface area contributed by atoms with Gasteiger partial charge in [0.25, 0.3) is 0 Å². The maximum Gasteiger partial charge on any atom is 0.158 e. The third-order valence-electron chi connectivity index (χ3n) is 2.37. The van der Waals surface area contributed by atoms with Gasteiger partial charge in [0.1, 0.15) is 0 Å². The number of hydrogen-bond acceptors (Lipinski definition) is 2. The number of rotatable bonds is 1. The zero-order valence-corrected chi connectivity index (χ0v) is 8.15. The Hall–Kier alpha value is -0.150. The predicted molar refractivity (Wildman–Crippen MR) is 50.9 cm³/mol. The Kier molecular flexibility index (Phi) is 1.85. The minimum absolute atomic E-state index is 0.762. The fourth-order valence-corrected chi connectivity index (χ4v) is 3.09. The minimum Gasteiger partial charge on any atom is -0.340 e. The third-order valence-corrected chi connectivity index (χ3v) is 3.68. The van der Waals surface area contributed by atoms with E-state index in [9.17, 15) is 0 Å². The van der Waals surface area contributed by atoms with Crippen LogP contribution in [-0.2, 0) is 6.42 Å². The molecule has 11 heavy (non-hydrogen) atoms. The molecule has 0 saturated heterocycles. The van der Waals surface area contributed by atoms with Gasteiger partial charge in [-0.15, -0.1) is 11.3 Å². The van der Waals surface area contributed by atoms with Crippen LogP contribution < -0.4 is 0 Å². The molecule has 0 amide bonds. The van der Waals surface area contributed by atoms with Crippen molar-refractivity contribution in [3.63, 3.8) is 0 Å². The second kappa shape index (κ2) is 2.72. The summed E-state index contributed by atoms with van der Waals surface area (Å²) < 4.78 is 0.952. The Morgan fingerprint density at radius 1 is 1.73 bits per heavy atom. The summed E-state index contributed by atoms with van der Waals surface area (Å²) in [5.74, 6) is 0.762. The molecule has 0 radical (unpaired) electrons. The lowest BCUT2D eigenvalue weighted by Crippen LogP contribution is -1.90. The molecular weight excluding hydrogens is 174 g/mol. The van der Waals surface area contributed by atoms with Gasteiger partial charge in [-0.2, -0.15) is 0 Å². The number of hydrogen-bond donors (Lipinski definition) is 1. The van der Waals surface area contributed by atoms with Crippen molar-refractivity contribution in [1.82, 2.24) is 4.98 Å². The van der Waals surface area contributed by atoms with Crippen LogP contribution in [0, 0.1) is 3.95 Å². The van der Waals surface area contributed by atoms with Gasteiger partial charge in [0, 0.05) is 16.5 Å². The quantitative estimate of drug-likeness (QED) is 0.664. The van der Waals surface area contributed by atoms with Crippen LogP contribution in [0.25, 0.3) is 0 Å². The lowest BCUT2D eigenvalue weighted by molar-refractivity contribution is 0.642. The lowest BCUT2D eigenvalue weighted by atomic mass is 10.1. The Morgan fingerprint density at radius 3 is 3.27 bits per heavy atom. The molecular formula is C8H11NS2. The zero-order chi connectivity index (χ0) is 7.84. The van der Waals surface area contributed by atoms with E-state index in [4.69, 9.17) is 12.2 Å². The number of thiazole rings is 1. The molecule has 3 heteroatoms. The van der Waals surface area contributed by atoms with Crippen molar-refractivity contribution in [2.75, 3.05) is 0 Å². The van der Waals surface area contributed by atoms with E-state index in [0.717, 1.165) is 9.87 Å². The maximum absolute atomic E-state index is 5.08. The molecule has 1 N–H and O–H groups in total. The molecule has 0 saturated carbocycles. The van der Waals surface area contributed by atoms with Crippen LogP contribution in [0.3, 0.4) is 0 Å². The average Bonchev–Trinajstić information content (AvgIpc) is 2.45. The number of fused-ring (bicyclic) bond motifs is 1. The molecule has 1 aromatic heterocycles. The Labute approximate surface area is 75.5 Å². The molecule has 0 fully saturated rings. The van der Waals surface area contributed by atoms with E-state index in [0.29, 0.717) is 0 Å². The van der Waals surface area contributed by atoms with Gasteiger partial charge in [0.2, 0.25) is 0 Å². The summed E-state index contributed by atoms with van der Waals surface area (Å²) in [4.78, 5) is 4.79. The van der Waals surface area contributed by atoms with Crippen LogP contribution in [0.2, 0.25) is 0 Å². The van der Waals surface area contributed by atoms with Crippen molar-refractivity contribution in [1.29, 1.82) is 0 Å². The fourth-order valence-electron chi connectivity index (χ4n) is 1.75. The maximum atomic E-state index is 5.08. The highest BCUT2D eigenvalue weighted by Gasteiger charge is 2.22. The molecule has 1 unspecified atom stereocenters. The van der Waals surface area contributed by atoms with Crippen LogP contribution >= 0.6 is 23.6 Å². The first kappa shape index (κ1) is 7.50. The highest BCUT2D eigenvalue weighted by Crippen LogP contribution is 2.36. The first-order valence-corrected chi connectivity index (χ1v) is 5.25. The summed E-state index contributed by atoms with van der Waals surface area (Å²) in [6.07, 6.45) is 3.81. The first-order valence-electron chi connectivity index (χ1n) is 4.03. The molecule has 1 atom stereocenters. The van der Waals surface area contributed by atoms with Crippen LogP contribution in [0.15, 0.2) is 0 Å². The molecule has 0 aromatic carbocycles. The summed E-state index contributed by atoms with van der Waals surface area (Å²) in [5.41, 5.74) is 1.43. The molecule has 1 aromatic rings. The summed E-state index contributed by atoms with van der Waals surface area (Å²) in [5, 5.41) is 0. The number of H-pyrrole nitrogens is 1. The van der Waals surface area contributed by atoms with Gasteiger partial charge in [-0.05, 0) is 31.5 Å². The van der Waals surface area contributed by atoms with Gasteiger partial charge >= 0.3 is 0 Å². The smallest absolute Gasteiger partial charge is 0.158 e. The van der Waals surface area contributed by atoms with E-state index in [-0.39, 0.29) is 0 Å². The minimum atomic E-state index is 0.762. The molecule has 1 nitrogen and oxygen atoms in total. The van der Waals surface area contributed by atoms with Gasteiger partial charge in [-0.25, -0.2) is 0 Å². The molecule has 0 aliphatic heterocycles. The number of aromatic amines is 1. The third kappa shape index (κ3) is 1.16. The number of nitrogens with one attached hydrogen (secondary N) is 1. The molecule has 0 spiro atoms. The zero-order valence-electron chi connectivity index (χ0n) is 6.52. The van der Waals surface area contributed by atoms with Crippen LogP contribution in [0.1, 0.15) is 36.3 Å². The van der Waals surface area contributed by atoms with E-state index in [1.165, 1.54) is 29.8 Å². The van der Waals surface area contributed by atoms with Crippen molar-refractivity contribution >= 4 is 23.6 Å². The van der Waals surface area contributed by atoms with Gasteiger partial charge in [0.15, 0.2) is 3.95 Å². The fraction of sp³-hybridized carbons (Fsp3) is 0.625. The summed E-state index contributed by atoms with van der Waals surface area (Å²) in [6.45, 7) is 2.24. The van der Waals surface area contributed by atoms with Crippen molar-refractivity contribution in [3.05, 3.63) is 14.5 Å².